The van der Waals surface area contributed by atoms with Crippen LogP contribution in [-0.4, -0.2) is 23.3 Å². The molecule has 0 aliphatic heterocycles. The molecule has 0 fully saturated rings. The van der Waals surface area contributed by atoms with Crippen LogP contribution >= 0.6 is 0 Å². The Morgan fingerprint density at radius 1 is 0.224 bits per heavy atom. The first-order chi connectivity index (χ1) is 28.8. The minimum absolute atomic E-state index is 0.868. The van der Waals surface area contributed by atoms with Gasteiger partial charge in [-0.1, -0.05) is 127 Å². The minimum atomic E-state index is 0.868. The number of benzene rings is 8. The normalized spacial score (nSPS) is 12.1. The highest BCUT2D eigenvalue weighted by atomic mass is 15.1. The maximum atomic E-state index is 5.56. The summed E-state index contributed by atoms with van der Waals surface area (Å²) in [6.07, 6.45) is 0. The second-order valence-corrected chi connectivity index (χ2v) is 15.1. The van der Waals surface area contributed by atoms with Crippen LogP contribution in [-0.2, 0) is 0 Å². The molecule has 5 heterocycles. The van der Waals surface area contributed by atoms with Gasteiger partial charge < -0.3 is 9.13 Å². The predicted octanol–water partition coefficient (Wildman–Crippen LogP) is 13.5. The van der Waals surface area contributed by atoms with Gasteiger partial charge in [0, 0.05) is 43.1 Å². The fraction of sp³-hybridized carbons (Fsp3) is 0. The molecule has 0 N–H and O–H groups in total. The van der Waals surface area contributed by atoms with Gasteiger partial charge in [0.25, 0.3) is 0 Å². The lowest BCUT2D eigenvalue weighted by Crippen LogP contribution is -2.03. The molecular weight excluding hydrogens is 707 g/mol. The lowest BCUT2D eigenvalue weighted by Gasteiger charge is -2.13. The van der Waals surface area contributed by atoms with Crippen LogP contribution in [0.2, 0.25) is 0 Å². The lowest BCUT2D eigenvalue weighted by molar-refractivity contribution is 1.01. The average molecular weight is 740 g/mol. The van der Waals surface area contributed by atoms with Crippen molar-refractivity contribution in [3.05, 3.63) is 200 Å². The number of para-hydroxylation sites is 6. The summed E-state index contributed by atoms with van der Waals surface area (Å²) in [5.41, 5.74) is 11.5. The van der Waals surface area contributed by atoms with Crippen LogP contribution in [0.5, 0.6) is 0 Å². The van der Waals surface area contributed by atoms with Gasteiger partial charge in [-0.25, -0.2) is 4.98 Å². The zero-order chi connectivity index (χ0) is 37.9. The number of fused-ring (bicyclic) bond motifs is 12. The van der Waals surface area contributed by atoms with Crippen LogP contribution in [0.25, 0.3) is 110 Å². The van der Waals surface area contributed by atoms with Crippen molar-refractivity contribution in [2.24, 2.45) is 0 Å². The molecule has 8 aromatic carbocycles. The van der Waals surface area contributed by atoms with Crippen molar-refractivity contribution < 1.29 is 0 Å². The van der Waals surface area contributed by atoms with E-state index in [9.17, 15) is 0 Å². The Morgan fingerprint density at radius 3 is 0.862 bits per heavy atom. The largest absolute Gasteiger partial charge is 0.309 e. The molecule has 58 heavy (non-hydrogen) atoms. The standard InChI is InChI=1S/C53H33N5/c1-7-22-40-34(16-1)35-17-2-8-23-41(35)55(40)46-28-13-30-48-52(46)38-20-5-11-26-44(38)57(48)50-32-15-33-51(54-50)58-45-27-12-6-21-39(45)53-47(29-14-31-49(53)58)56-42-24-9-3-18-36(42)37-19-4-10-25-43(37)56/h1-33H. The van der Waals surface area contributed by atoms with Crippen molar-refractivity contribution in [2.45, 2.75) is 0 Å². The highest BCUT2D eigenvalue weighted by molar-refractivity contribution is 6.18. The topological polar surface area (TPSA) is 32.6 Å². The fourth-order valence-corrected chi connectivity index (χ4v) is 9.89. The molecule has 5 heteroatoms. The third-order valence-corrected chi connectivity index (χ3v) is 12.2. The van der Waals surface area contributed by atoms with E-state index in [2.05, 4.69) is 218 Å². The van der Waals surface area contributed by atoms with Crippen LogP contribution in [0.15, 0.2) is 200 Å². The van der Waals surface area contributed by atoms with Gasteiger partial charge in [-0.3, -0.25) is 9.13 Å². The number of hydrogen-bond acceptors (Lipinski definition) is 1. The molecule has 5 aromatic heterocycles. The van der Waals surface area contributed by atoms with Crippen LogP contribution in [0.3, 0.4) is 0 Å². The van der Waals surface area contributed by atoms with Crippen molar-refractivity contribution >= 4 is 87.2 Å². The zero-order valence-electron chi connectivity index (χ0n) is 31.3. The van der Waals surface area contributed by atoms with Crippen LogP contribution < -0.4 is 0 Å². The summed E-state index contributed by atoms with van der Waals surface area (Å²) in [5.74, 6) is 1.74. The number of hydrogen-bond donors (Lipinski definition) is 0. The van der Waals surface area contributed by atoms with Gasteiger partial charge in [0.1, 0.15) is 11.6 Å². The molecule has 0 saturated heterocycles. The SMILES string of the molecule is c1cc(-n2c3ccccc3c3c(-n4c5ccccc5c5ccccc54)cccc32)nc(-n2c3ccccc3c3c(-n4c5ccccc5c5ccccc54)cccc32)c1. The molecule has 13 rings (SSSR count). The second-order valence-electron chi connectivity index (χ2n) is 15.1. The molecule has 0 bridgehead atoms. The Balaban J connectivity index is 1.07. The maximum absolute atomic E-state index is 5.56. The van der Waals surface area contributed by atoms with Crippen molar-refractivity contribution in [1.29, 1.82) is 0 Å². The zero-order valence-corrected chi connectivity index (χ0v) is 31.3. The van der Waals surface area contributed by atoms with Crippen LogP contribution in [0.1, 0.15) is 0 Å². The third-order valence-electron chi connectivity index (χ3n) is 12.2. The van der Waals surface area contributed by atoms with Crippen molar-refractivity contribution in [1.82, 2.24) is 23.3 Å². The van der Waals surface area contributed by atoms with E-state index in [0.717, 1.165) is 45.1 Å². The van der Waals surface area contributed by atoms with Crippen molar-refractivity contribution in [2.75, 3.05) is 0 Å². The monoisotopic (exact) mass is 739 g/mol. The molecule has 0 aliphatic rings. The Kier molecular flexibility index (Phi) is 6.38. The van der Waals surface area contributed by atoms with Gasteiger partial charge in [-0.2, -0.15) is 0 Å². The molecule has 0 saturated carbocycles. The van der Waals surface area contributed by atoms with Gasteiger partial charge >= 0.3 is 0 Å². The third kappa shape index (κ3) is 4.17. The summed E-state index contributed by atoms with van der Waals surface area (Å²) < 4.78 is 9.53. The van der Waals surface area contributed by atoms with Crippen LogP contribution in [0, 0.1) is 0 Å². The molecule has 0 unspecified atom stereocenters. The molecule has 270 valence electrons. The van der Waals surface area contributed by atoms with Crippen LogP contribution in [0.4, 0.5) is 0 Å². The molecule has 0 atom stereocenters. The predicted molar refractivity (Wildman–Crippen MR) is 242 cm³/mol. The van der Waals surface area contributed by atoms with Gasteiger partial charge in [0.2, 0.25) is 0 Å². The lowest BCUT2D eigenvalue weighted by atomic mass is 10.1. The maximum Gasteiger partial charge on any atom is 0.140 e. The Bertz CT molecular complexity index is 3460. The molecule has 0 spiro atoms. The number of rotatable bonds is 4. The number of pyridine rings is 1. The fourth-order valence-electron chi connectivity index (χ4n) is 9.89. The molecule has 5 nitrogen and oxygen atoms in total. The molecule has 0 radical (unpaired) electrons. The van der Waals surface area contributed by atoms with Gasteiger partial charge in [-0.05, 0) is 72.8 Å². The quantitative estimate of drug-likeness (QED) is 0.177. The van der Waals surface area contributed by atoms with E-state index in [1.54, 1.807) is 0 Å². The first-order valence-corrected chi connectivity index (χ1v) is 19.8. The van der Waals surface area contributed by atoms with Gasteiger partial charge in [-0.15, -0.1) is 0 Å². The summed E-state index contributed by atoms with van der Waals surface area (Å²) in [6, 6.07) is 72.2. The van der Waals surface area contributed by atoms with E-state index >= 15 is 0 Å². The highest BCUT2D eigenvalue weighted by Gasteiger charge is 2.22. The highest BCUT2D eigenvalue weighted by Crippen LogP contribution is 2.42. The van der Waals surface area contributed by atoms with E-state index in [-0.39, 0.29) is 0 Å². The van der Waals surface area contributed by atoms with E-state index in [1.165, 1.54) is 65.2 Å². The van der Waals surface area contributed by atoms with E-state index in [4.69, 9.17) is 4.98 Å². The van der Waals surface area contributed by atoms with Gasteiger partial charge in [0.15, 0.2) is 0 Å². The molecule has 13 aromatic rings. The summed E-state index contributed by atoms with van der Waals surface area (Å²) in [4.78, 5) is 5.56. The van der Waals surface area contributed by atoms with E-state index in [1.807, 2.05) is 0 Å². The molecule has 0 amide bonds. The van der Waals surface area contributed by atoms with Gasteiger partial charge in [0.05, 0.1) is 55.5 Å². The average Bonchev–Trinajstić information content (AvgIpc) is 4.02. The molecule has 0 aliphatic carbocycles. The van der Waals surface area contributed by atoms with E-state index < -0.39 is 0 Å². The first-order valence-electron chi connectivity index (χ1n) is 19.8. The van der Waals surface area contributed by atoms with E-state index in [0.29, 0.717) is 0 Å². The smallest absolute Gasteiger partial charge is 0.140 e. The summed E-state index contributed by atoms with van der Waals surface area (Å²) in [6.45, 7) is 0. The Morgan fingerprint density at radius 2 is 0.500 bits per heavy atom. The summed E-state index contributed by atoms with van der Waals surface area (Å²) in [5, 5.41) is 9.78. The summed E-state index contributed by atoms with van der Waals surface area (Å²) >= 11 is 0. The molecular formula is C53H33N5. The summed E-state index contributed by atoms with van der Waals surface area (Å²) in [7, 11) is 0. The van der Waals surface area contributed by atoms with Crippen molar-refractivity contribution in [3.63, 3.8) is 0 Å². The Labute approximate surface area is 332 Å². The minimum Gasteiger partial charge on any atom is -0.309 e. The Hall–Kier alpha value is -7.89. The number of nitrogens with zero attached hydrogens (tertiary/aromatic N) is 5. The number of aromatic nitrogens is 5. The van der Waals surface area contributed by atoms with Crippen molar-refractivity contribution in [3.8, 4) is 23.0 Å². The first kappa shape index (κ1) is 31.3. The second kappa shape index (κ2) is 11.8.